The first-order valence-corrected chi connectivity index (χ1v) is 6.00. The SMILES string of the molecule is CCN(c1cccc(F)c1)c1cccc(F)c1[N+](=O)[O-]. The second-order valence-electron chi connectivity index (χ2n) is 4.09. The van der Waals surface area contributed by atoms with E-state index in [1.54, 1.807) is 13.0 Å². The van der Waals surface area contributed by atoms with Crippen LogP contribution in [0.3, 0.4) is 0 Å². The molecule has 2 aromatic carbocycles. The molecular formula is C14H12F2N2O2. The van der Waals surface area contributed by atoms with Gasteiger partial charge in [0.05, 0.1) is 4.92 Å². The van der Waals surface area contributed by atoms with E-state index in [4.69, 9.17) is 0 Å². The maximum absolute atomic E-state index is 13.7. The summed E-state index contributed by atoms with van der Waals surface area (Å²) in [4.78, 5) is 11.7. The van der Waals surface area contributed by atoms with Crippen LogP contribution in [0.2, 0.25) is 0 Å². The number of anilines is 2. The average Bonchev–Trinajstić information content (AvgIpc) is 2.39. The molecule has 2 aromatic rings. The van der Waals surface area contributed by atoms with Gasteiger partial charge in [0.1, 0.15) is 11.5 Å². The quantitative estimate of drug-likeness (QED) is 0.626. The Morgan fingerprint density at radius 1 is 1.20 bits per heavy atom. The van der Waals surface area contributed by atoms with Crippen molar-refractivity contribution in [2.45, 2.75) is 6.92 Å². The first kappa shape index (κ1) is 13.9. The van der Waals surface area contributed by atoms with Gasteiger partial charge in [-0.15, -0.1) is 0 Å². The monoisotopic (exact) mass is 278 g/mol. The minimum absolute atomic E-state index is 0.100. The molecule has 6 heteroatoms. The Hall–Kier alpha value is -2.50. The fraction of sp³-hybridized carbons (Fsp3) is 0.143. The van der Waals surface area contributed by atoms with Crippen LogP contribution in [0.5, 0.6) is 0 Å². The number of rotatable bonds is 4. The summed E-state index contributed by atoms with van der Waals surface area (Å²) < 4.78 is 26.9. The number of para-hydroxylation sites is 1. The Kier molecular flexibility index (Phi) is 3.93. The van der Waals surface area contributed by atoms with Crippen LogP contribution in [0.25, 0.3) is 0 Å². The Morgan fingerprint density at radius 2 is 1.90 bits per heavy atom. The molecule has 0 atom stereocenters. The molecule has 0 saturated heterocycles. The molecule has 0 N–H and O–H groups in total. The number of hydrogen-bond acceptors (Lipinski definition) is 3. The van der Waals surface area contributed by atoms with Gasteiger partial charge in [-0.25, -0.2) is 4.39 Å². The van der Waals surface area contributed by atoms with Crippen molar-refractivity contribution >= 4 is 17.1 Å². The van der Waals surface area contributed by atoms with E-state index in [9.17, 15) is 18.9 Å². The van der Waals surface area contributed by atoms with Gasteiger partial charge in [0.2, 0.25) is 5.82 Å². The van der Waals surface area contributed by atoms with E-state index in [0.717, 1.165) is 6.07 Å². The number of halogens is 2. The maximum Gasteiger partial charge on any atom is 0.328 e. The van der Waals surface area contributed by atoms with E-state index in [1.807, 2.05) is 0 Å². The van der Waals surface area contributed by atoms with Crippen molar-refractivity contribution in [3.8, 4) is 0 Å². The molecule has 0 aliphatic heterocycles. The van der Waals surface area contributed by atoms with Crippen molar-refractivity contribution in [1.29, 1.82) is 0 Å². The molecule has 4 nitrogen and oxygen atoms in total. The van der Waals surface area contributed by atoms with Gasteiger partial charge in [-0.05, 0) is 37.3 Å². The average molecular weight is 278 g/mol. The molecule has 0 radical (unpaired) electrons. The summed E-state index contributed by atoms with van der Waals surface area (Å²) in [7, 11) is 0. The molecule has 0 heterocycles. The van der Waals surface area contributed by atoms with E-state index >= 15 is 0 Å². The Balaban J connectivity index is 2.58. The van der Waals surface area contributed by atoms with Crippen molar-refractivity contribution in [2.24, 2.45) is 0 Å². The lowest BCUT2D eigenvalue weighted by Crippen LogP contribution is -2.18. The predicted molar refractivity (Wildman–Crippen MR) is 72.1 cm³/mol. The zero-order valence-corrected chi connectivity index (χ0v) is 10.7. The summed E-state index contributed by atoms with van der Waals surface area (Å²) in [5, 5.41) is 11.0. The number of nitro groups is 1. The fourth-order valence-corrected chi connectivity index (χ4v) is 2.04. The normalized spacial score (nSPS) is 10.3. The van der Waals surface area contributed by atoms with Gasteiger partial charge < -0.3 is 4.90 Å². The molecule has 2 rings (SSSR count). The molecule has 0 fully saturated rings. The van der Waals surface area contributed by atoms with Crippen molar-refractivity contribution in [3.63, 3.8) is 0 Å². The van der Waals surface area contributed by atoms with Crippen LogP contribution >= 0.6 is 0 Å². The lowest BCUT2D eigenvalue weighted by molar-refractivity contribution is -0.386. The van der Waals surface area contributed by atoms with E-state index in [-0.39, 0.29) is 5.69 Å². The summed E-state index contributed by atoms with van der Waals surface area (Å²) >= 11 is 0. The van der Waals surface area contributed by atoms with Crippen LogP contribution < -0.4 is 4.90 Å². The van der Waals surface area contributed by atoms with Gasteiger partial charge in [-0.2, -0.15) is 4.39 Å². The lowest BCUT2D eigenvalue weighted by atomic mass is 10.2. The second-order valence-corrected chi connectivity index (χ2v) is 4.09. The predicted octanol–water partition coefficient (Wildman–Crippen LogP) is 4.03. The molecule has 0 amide bonds. The third-order valence-electron chi connectivity index (χ3n) is 2.87. The highest BCUT2D eigenvalue weighted by atomic mass is 19.1. The van der Waals surface area contributed by atoms with E-state index in [2.05, 4.69) is 0 Å². The maximum atomic E-state index is 13.7. The third-order valence-corrected chi connectivity index (χ3v) is 2.87. The zero-order chi connectivity index (χ0) is 14.7. The molecule has 0 spiro atoms. The number of nitro benzene ring substituents is 1. The van der Waals surface area contributed by atoms with Crippen LogP contribution in [0.1, 0.15) is 6.92 Å². The van der Waals surface area contributed by atoms with Gasteiger partial charge in [-0.1, -0.05) is 12.1 Å². The minimum Gasteiger partial charge on any atom is -0.336 e. The van der Waals surface area contributed by atoms with Crippen LogP contribution in [-0.4, -0.2) is 11.5 Å². The standard InChI is InChI=1S/C14H12F2N2O2/c1-2-17(11-6-3-5-10(15)9-11)13-8-4-7-12(16)14(13)18(19)20/h3-9H,2H2,1H3. The number of benzene rings is 2. The Morgan fingerprint density at radius 3 is 2.50 bits per heavy atom. The summed E-state index contributed by atoms with van der Waals surface area (Å²) in [6.45, 7) is 2.09. The molecule has 0 saturated carbocycles. The van der Waals surface area contributed by atoms with E-state index in [1.165, 1.54) is 35.2 Å². The summed E-state index contributed by atoms with van der Waals surface area (Å²) in [5.41, 5.74) is -0.0806. The van der Waals surface area contributed by atoms with E-state index < -0.39 is 22.2 Å². The number of hydrogen-bond donors (Lipinski definition) is 0. The Labute approximate surface area is 114 Å². The summed E-state index contributed by atoms with van der Waals surface area (Å²) in [5.74, 6) is -1.37. The van der Waals surface area contributed by atoms with Gasteiger partial charge in [0.25, 0.3) is 0 Å². The van der Waals surface area contributed by atoms with Gasteiger partial charge in [-0.3, -0.25) is 10.1 Å². The minimum atomic E-state index is -0.914. The largest absolute Gasteiger partial charge is 0.336 e. The van der Waals surface area contributed by atoms with Crippen LogP contribution in [0.15, 0.2) is 42.5 Å². The smallest absolute Gasteiger partial charge is 0.328 e. The molecule has 0 unspecified atom stereocenters. The molecule has 0 bridgehead atoms. The molecule has 20 heavy (non-hydrogen) atoms. The fourth-order valence-electron chi connectivity index (χ4n) is 2.04. The first-order valence-electron chi connectivity index (χ1n) is 6.00. The third kappa shape index (κ3) is 2.59. The van der Waals surface area contributed by atoms with Gasteiger partial charge in [0, 0.05) is 12.2 Å². The van der Waals surface area contributed by atoms with Crippen LogP contribution in [-0.2, 0) is 0 Å². The van der Waals surface area contributed by atoms with Gasteiger partial charge in [0.15, 0.2) is 0 Å². The highest BCUT2D eigenvalue weighted by Gasteiger charge is 2.24. The molecule has 0 aliphatic rings. The van der Waals surface area contributed by atoms with Crippen molar-refractivity contribution in [3.05, 3.63) is 64.2 Å². The first-order chi connectivity index (χ1) is 9.54. The number of nitrogens with zero attached hydrogens (tertiary/aromatic N) is 2. The van der Waals surface area contributed by atoms with Crippen molar-refractivity contribution in [2.75, 3.05) is 11.4 Å². The van der Waals surface area contributed by atoms with Crippen LogP contribution in [0, 0.1) is 21.7 Å². The molecule has 104 valence electrons. The highest BCUT2D eigenvalue weighted by molar-refractivity contribution is 5.72. The Bertz CT molecular complexity index is 647. The summed E-state index contributed by atoms with van der Waals surface area (Å²) in [6, 6.07) is 9.49. The lowest BCUT2D eigenvalue weighted by Gasteiger charge is -2.23. The second kappa shape index (κ2) is 5.64. The molecule has 0 aromatic heterocycles. The molecular weight excluding hydrogens is 266 g/mol. The zero-order valence-electron chi connectivity index (χ0n) is 10.7. The summed E-state index contributed by atoms with van der Waals surface area (Å²) in [6.07, 6.45) is 0. The van der Waals surface area contributed by atoms with Gasteiger partial charge >= 0.3 is 5.69 Å². The van der Waals surface area contributed by atoms with E-state index in [0.29, 0.717) is 12.2 Å². The van der Waals surface area contributed by atoms with Crippen molar-refractivity contribution < 1.29 is 13.7 Å². The highest BCUT2D eigenvalue weighted by Crippen LogP contribution is 2.35. The topological polar surface area (TPSA) is 46.4 Å². The van der Waals surface area contributed by atoms with Crippen LogP contribution in [0.4, 0.5) is 25.8 Å². The van der Waals surface area contributed by atoms with Crippen molar-refractivity contribution in [1.82, 2.24) is 0 Å². The molecule has 0 aliphatic carbocycles.